The highest BCUT2D eigenvalue weighted by molar-refractivity contribution is 5.94. The van der Waals surface area contributed by atoms with Crippen LogP contribution in [0, 0.1) is 26.7 Å². The van der Waals surface area contributed by atoms with Gasteiger partial charge >= 0.3 is 0 Å². The standard InChI is InChI=1S/C29H39N5O2/c1-20(2)15-28(35)33-13-8-12-32(14-11-30-18-24-9-6-7-10-26(24)33)29(36)19-34-23(5)31-25-16-21(3)22(4)17-27(25)34/h6-7,9-10,16-17,20,30H,8,11-15,18-19H2,1-5H3. The van der Waals surface area contributed by atoms with Crippen LogP contribution in [0.25, 0.3) is 11.0 Å². The second-order valence-corrected chi connectivity index (χ2v) is 10.4. The number of anilines is 1. The predicted octanol–water partition coefficient (Wildman–Crippen LogP) is 4.36. The fourth-order valence-corrected chi connectivity index (χ4v) is 4.92. The average Bonchev–Trinajstić information content (AvgIpc) is 3.09. The van der Waals surface area contributed by atoms with E-state index in [9.17, 15) is 9.59 Å². The van der Waals surface area contributed by atoms with Gasteiger partial charge in [0, 0.05) is 44.8 Å². The first-order valence-electron chi connectivity index (χ1n) is 13.1. The molecule has 4 rings (SSSR count). The van der Waals surface area contributed by atoms with Crippen molar-refractivity contribution >= 4 is 28.5 Å². The van der Waals surface area contributed by atoms with Gasteiger partial charge in [0.25, 0.3) is 0 Å². The van der Waals surface area contributed by atoms with Crippen molar-refractivity contribution in [3.63, 3.8) is 0 Å². The Balaban J connectivity index is 1.53. The van der Waals surface area contributed by atoms with Gasteiger partial charge in [-0.05, 0) is 68.0 Å². The second-order valence-electron chi connectivity index (χ2n) is 10.4. The summed E-state index contributed by atoms with van der Waals surface area (Å²) in [6.45, 7) is 13.7. The maximum absolute atomic E-state index is 13.5. The van der Waals surface area contributed by atoms with E-state index in [1.165, 1.54) is 11.1 Å². The van der Waals surface area contributed by atoms with E-state index >= 15 is 0 Å². The van der Waals surface area contributed by atoms with Crippen LogP contribution in [-0.4, -0.2) is 52.4 Å². The zero-order chi connectivity index (χ0) is 25.8. The van der Waals surface area contributed by atoms with E-state index in [2.05, 4.69) is 51.2 Å². The highest BCUT2D eigenvalue weighted by Gasteiger charge is 2.22. The van der Waals surface area contributed by atoms with Crippen LogP contribution < -0.4 is 10.2 Å². The maximum atomic E-state index is 13.5. The summed E-state index contributed by atoms with van der Waals surface area (Å²) in [4.78, 5) is 35.2. The van der Waals surface area contributed by atoms with E-state index in [-0.39, 0.29) is 18.4 Å². The summed E-state index contributed by atoms with van der Waals surface area (Å²) < 4.78 is 2.02. The molecule has 0 spiro atoms. The number of nitrogens with zero attached hydrogens (tertiary/aromatic N) is 4. The summed E-state index contributed by atoms with van der Waals surface area (Å²) in [5, 5.41) is 3.49. The molecule has 2 aromatic carbocycles. The molecule has 0 aliphatic carbocycles. The van der Waals surface area contributed by atoms with Crippen molar-refractivity contribution in [2.75, 3.05) is 31.1 Å². The zero-order valence-corrected chi connectivity index (χ0v) is 22.3. The number of benzene rings is 2. The van der Waals surface area contributed by atoms with Gasteiger partial charge in [0.15, 0.2) is 0 Å². The minimum absolute atomic E-state index is 0.0780. The molecule has 192 valence electrons. The Kier molecular flexibility index (Phi) is 8.09. The third-order valence-electron chi connectivity index (χ3n) is 7.05. The molecular formula is C29H39N5O2. The molecule has 36 heavy (non-hydrogen) atoms. The molecule has 0 bridgehead atoms. The van der Waals surface area contributed by atoms with Crippen LogP contribution in [0.3, 0.4) is 0 Å². The van der Waals surface area contributed by atoms with Crippen molar-refractivity contribution in [2.45, 2.75) is 60.5 Å². The summed E-state index contributed by atoms with van der Waals surface area (Å²) in [6, 6.07) is 12.3. The van der Waals surface area contributed by atoms with Gasteiger partial charge < -0.3 is 19.7 Å². The molecule has 2 heterocycles. The number of aromatic nitrogens is 2. The molecule has 1 N–H and O–H groups in total. The number of fused-ring (bicyclic) bond motifs is 2. The summed E-state index contributed by atoms with van der Waals surface area (Å²) >= 11 is 0. The number of carbonyl (C=O) groups is 2. The lowest BCUT2D eigenvalue weighted by molar-refractivity contribution is -0.131. The number of imidazole rings is 1. The Morgan fingerprint density at radius 1 is 1.00 bits per heavy atom. The molecular weight excluding hydrogens is 450 g/mol. The number of carbonyl (C=O) groups excluding carboxylic acids is 2. The van der Waals surface area contributed by atoms with Crippen LogP contribution in [0.15, 0.2) is 36.4 Å². The van der Waals surface area contributed by atoms with Crippen molar-refractivity contribution in [1.29, 1.82) is 0 Å². The number of aryl methyl sites for hydroxylation is 3. The van der Waals surface area contributed by atoms with Gasteiger partial charge in [-0.25, -0.2) is 4.98 Å². The van der Waals surface area contributed by atoms with E-state index in [1.807, 2.05) is 39.5 Å². The van der Waals surface area contributed by atoms with Gasteiger partial charge in [0.1, 0.15) is 12.4 Å². The number of nitrogens with one attached hydrogen (secondary N) is 1. The van der Waals surface area contributed by atoms with Crippen LogP contribution in [0.4, 0.5) is 5.69 Å². The first-order valence-corrected chi connectivity index (χ1v) is 13.1. The highest BCUT2D eigenvalue weighted by Crippen LogP contribution is 2.24. The molecule has 1 aliphatic heterocycles. The molecule has 0 unspecified atom stereocenters. The Morgan fingerprint density at radius 3 is 2.53 bits per heavy atom. The summed E-state index contributed by atoms with van der Waals surface area (Å²) in [5.41, 5.74) is 6.41. The predicted molar refractivity (Wildman–Crippen MR) is 145 cm³/mol. The first kappa shape index (κ1) is 25.9. The minimum atomic E-state index is 0.0780. The molecule has 0 saturated carbocycles. The fourth-order valence-electron chi connectivity index (χ4n) is 4.92. The van der Waals surface area contributed by atoms with Gasteiger partial charge in [-0.1, -0.05) is 32.0 Å². The van der Waals surface area contributed by atoms with Crippen LogP contribution in [0.1, 0.15) is 49.2 Å². The van der Waals surface area contributed by atoms with Crippen molar-refractivity contribution in [2.24, 2.45) is 5.92 Å². The highest BCUT2D eigenvalue weighted by atomic mass is 16.2. The molecule has 1 aliphatic rings. The summed E-state index contributed by atoms with van der Waals surface area (Å²) in [5.74, 6) is 1.36. The molecule has 1 aromatic heterocycles. The monoisotopic (exact) mass is 489 g/mol. The van der Waals surface area contributed by atoms with Crippen molar-refractivity contribution in [3.8, 4) is 0 Å². The topological polar surface area (TPSA) is 70.5 Å². The zero-order valence-electron chi connectivity index (χ0n) is 22.3. The lowest BCUT2D eigenvalue weighted by Crippen LogP contribution is -2.40. The number of rotatable bonds is 4. The van der Waals surface area contributed by atoms with Gasteiger partial charge in [-0.2, -0.15) is 0 Å². The Labute approximate surface area is 214 Å². The second kappa shape index (κ2) is 11.2. The number of hydrogen-bond donors (Lipinski definition) is 1. The Hall–Kier alpha value is -3.19. The number of amides is 2. The molecule has 3 aromatic rings. The SMILES string of the molecule is Cc1cc2nc(C)n(CC(=O)N3CCCN(C(=O)CC(C)C)c4ccccc4CNCC3)c2cc1C. The normalized spacial score (nSPS) is 15.2. The van der Waals surface area contributed by atoms with Gasteiger partial charge in [0.2, 0.25) is 11.8 Å². The van der Waals surface area contributed by atoms with E-state index in [4.69, 9.17) is 4.98 Å². The van der Waals surface area contributed by atoms with Crippen LogP contribution in [-0.2, 0) is 22.7 Å². The third kappa shape index (κ3) is 5.78. The maximum Gasteiger partial charge on any atom is 0.242 e. The van der Waals surface area contributed by atoms with Gasteiger partial charge in [0.05, 0.1) is 11.0 Å². The van der Waals surface area contributed by atoms with E-state index in [0.717, 1.165) is 34.5 Å². The van der Waals surface area contributed by atoms with Crippen molar-refractivity contribution < 1.29 is 9.59 Å². The van der Waals surface area contributed by atoms with Crippen LogP contribution in [0.5, 0.6) is 0 Å². The summed E-state index contributed by atoms with van der Waals surface area (Å²) in [6.07, 6.45) is 1.24. The summed E-state index contributed by atoms with van der Waals surface area (Å²) in [7, 11) is 0. The van der Waals surface area contributed by atoms with Crippen LogP contribution in [0.2, 0.25) is 0 Å². The largest absolute Gasteiger partial charge is 0.340 e. The molecule has 0 atom stereocenters. The number of para-hydroxylation sites is 1. The molecule has 0 fully saturated rings. The lowest BCUT2D eigenvalue weighted by atomic mass is 10.1. The van der Waals surface area contributed by atoms with E-state index < -0.39 is 0 Å². The Morgan fingerprint density at radius 2 is 1.75 bits per heavy atom. The molecule has 0 saturated heterocycles. The first-order chi connectivity index (χ1) is 17.2. The average molecular weight is 490 g/mol. The Bertz CT molecular complexity index is 1250. The molecule has 7 heteroatoms. The molecule has 2 amide bonds. The molecule has 7 nitrogen and oxygen atoms in total. The van der Waals surface area contributed by atoms with Gasteiger partial charge in [-0.3, -0.25) is 9.59 Å². The smallest absolute Gasteiger partial charge is 0.242 e. The van der Waals surface area contributed by atoms with Crippen molar-refractivity contribution in [3.05, 3.63) is 58.9 Å². The van der Waals surface area contributed by atoms with E-state index in [1.54, 1.807) is 0 Å². The van der Waals surface area contributed by atoms with Gasteiger partial charge in [-0.15, -0.1) is 0 Å². The molecule has 0 radical (unpaired) electrons. The fraction of sp³-hybridized carbons (Fsp3) is 0.483. The van der Waals surface area contributed by atoms with E-state index in [0.29, 0.717) is 45.1 Å². The van der Waals surface area contributed by atoms with Crippen LogP contribution >= 0.6 is 0 Å². The van der Waals surface area contributed by atoms with Crippen molar-refractivity contribution in [1.82, 2.24) is 19.8 Å². The minimum Gasteiger partial charge on any atom is -0.340 e. The number of hydrogen-bond acceptors (Lipinski definition) is 4. The third-order valence-corrected chi connectivity index (χ3v) is 7.05. The quantitative estimate of drug-likeness (QED) is 0.591. The lowest BCUT2D eigenvalue weighted by Gasteiger charge is -2.27.